The predicted molar refractivity (Wildman–Crippen MR) is 89.3 cm³/mol. The lowest BCUT2D eigenvalue weighted by molar-refractivity contribution is 0.904. The van der Waals surface area contributed by atoms with Crippen LogP contribution >= 0.6 is 11.6 Å². The molecule has 0 aliphatic carbocycles. The molecule has 4 heteroatoms. The molecule has 106 valence electrons. The normalized spacial score (nSPS) is 11.0. The first-order chi connectivity index (χ1) is 10.8. The van der Waals surface area contributed by atoms with Crippen LogP contribution in [0.5, 0.6) is 0 Å². The molecule has 0 spiro atoms. The summed E-state index contributed by atoms with van der Waals surface area (Å²) in [4.78, 5) is 4.07. The van der Waals surface area contributed by atoms with Gasteiger partial charge in [0.15, 0.2) is 0 Å². The number of fused-ring (bicyclic) bond motifs is 1. The van der Waals surface area contributed by atoms with E-state index in [1.807, 2.05) is 65.3 Å². The van der Waals surface area contributed by atoms with Crippen LogP contribution in [0, 0.1) is 0 Å². The second-order valence-electron chi connectivity index (χ2n) is 4.98. The van der Waals surface area contributed by atoms with Crippen molar-refractivity contribution in [3.63, 3.8) is 0 Å². The van der Waals surface area contributed by atoms with Gasteiger partial charge < -0.3 is 0 Å². The second kappa shape index (κ2) is 5.28. The predicted octanol–water partition coefficient (Wildman–Crippen LogP) is 4.74. The van der Waals surface area contributed by atoms with Crippen molar-refractivity contribution in [2.75, 3.05) is 0 Å². The van der Waals surface area contributed by atoms with E-state index in [-0.39, 0.29) is 0 Å². The van der Waals surface area contributed by atoms with Gasteiger partial charge in [-0.05, 0) is 30.3 Å². The molecule has 4 rings (SSSR count). The third-order valence-corrected chi connectivity index (χ3v) is 3.79. The molecule has 2 aromatic heterocycles. The minimum atomic E-state index is 0.474. The van der Waals surface area contributed by atoms with Crippen LogP contribution in [0.15, 0.2) is 72.9 Å². The Kier molecular flexibility index (Phi) is 3.13. The maximum absolute atomic E-state index is 6.07. The van der Waals surface area contributed by atoms with E-state index in [4.69, 9.17) is 16.7 Å². The molecule has 0 aliphatic heterocycles. The van der Waals surface area contributed by atoms with E-state index in [0.29, 0.717) is 5.15 Å². The zero-order valence-electron chi connectivity index (χ0n) is 11.6. The van der Waals surface area contributed by atoms with Gasteiger partial charge in [-0.3, -0.25) is 0 Å². The molecule has 4 aromatic rings. The zero-order chi connectivity index (χ0) is 14.9. The number of halogens is 1. The lowest BCUT2D eigenvalue weighted by Crippen LogP contribution is -1.98. The van der Waals surface area contributed by atoms with E-state index < -0.39 is 0 Å². The topological polar surface area (TPSA) is 30.7 Å². The van der Waals surface area contributed by atoms with Crippen molar-refractivity contribution < 1.29 is 0 Å². The van der Waals surface area contributed by atoms with Gasteiger partial charge in [-0.1, -0.05) is 48.0 Å². The number of rotatable bonds is 2. The van der Waals surface area contributed by atoms with Gasteiger partial charge in [-0.15, -0.1) is 0 Å². The highest BCUT2D eigenvalue weighted by Gasteiger charge is 2.14. The van der Waals surface area contributed by atoms with E-state index in [1.165, 1.54) is 0 Å². The van der Waals surface area contributed by atoms with Crippen molar-refractivity contribution in [3.05, 3.63) is 78.1 Å². The third kappa shape index (κ3) is 2.16. The summed E-state index contributed by atoms with van der Waals surface area (Å²) in [5, 5.41) is 6.31. The van der Waals surface area contributed by atoms with Gasteiger partial charge in [0.2, 0.25) is 0 Å². The van der Waals surface area contributed by atoms with Crippen molar-refractivity contribution in [2.24, 2.45) is 0 Å². The largest absolute Gasteiger partial charge is 0.245 e. The Morgan fingerprint density at radius 1 is 0.864 bits per heavy atom. The molecule has 0 atom stereocenters. The van der Waals surface area contributed by atoms with Gasteiger partial charge in [0, 0.05) is 17.1 Å². The van der Waals surface area contributed by atoms with E-state index in [1.54, 1.807) is 6.20 Å². The van der Waals surface area contributed by atoms with Crippen LogP contribution in [0.2, 0.25) is 5.15 Å². The minimum absolute atomic E-state index is 0.474. The lowest BCUT2D eigenvalue weighted by Gasteiger charge is -2.08. The molecule has 0 saturated carbocycles. The highest BCUT2D eigenvalue weighted by Crippen LogP contribution is 2.31. The van der Waals surface area contributed by atoms with Crippen LogP contribution < -0.4 is 0 Å². The fourth-order valence-corrected chi connectivity index (χ4v) is 2.79. The fraction of sp³-hybridized carbons (Fsp3) is 0. The number of aromatic nitrogens is 3. The van der Waals surface area contributed by atoms with Crippen LogP contribution in [0.1, 0.15) is 0 Å². The number of pyridine rings is 1. The summed E-state index contributed by atoms with van der Waals surface area (Å²) < 4.78 is 1.95. The van der Waals surface area contributed by atoms with Crippen LogP contribution in [0.25, 0.3) is 27.8 Å². The number of benzene rings is 2. The number of para-hydroxylation sites is 1. The van der Waals surface area contributed by atoms with Crippen LogP contribution in [-0.2, 0) is 0 Å². The van der Waals surface area contributed by atoms with Crippen molar-refractivity contribution in [3.8, 4) is 16.9 Å². The molecule has 0 saturated heterocycles. The Hall–Kier alpha value is -2.65. The second-order valence-corrected chi connectivity index (χ2v) is 5.37. The third-order valence-electron chi connectivity index (χ3n) is 3.58. The first kappa shape index (κ1) is 13.0. The summed E-state index contributed by atoms with van der Waals surface area (Å²) in [6.45, 7) is 0. The van der Waals surface area contributed by atoms with E-state index in [9.17, 15) is 0 Å². The average molecular weight is 306 g/mol. The van der Waals surface area contributed by atoms with Gasteiger partial charge in [-0.2, -0.15) is 5.10 Å². The number of hydrogen-bond donors (Lipinski definition) is 0. The van der Waals surface area contributed by atoms with Gasteiger partial charge in [0.25, 0.3) is 0 Å². The molecule has 0 radical (unpaired) electrons. The van der Waals surface area contributed by atoms with Gasteiger partial charge >= 0.3 is 0 Å². The summed E-state index contributed by atoms with van der Waals surface area (Å²) in [5.74, 6) is 0. The lowest BCUT2D eigenvalue weighted by atomic mass is 10.1. The summed E-state index contributed by atoms with van der Waals surface area (Å²) >= 11 is 6.07. The molecule has 2 aromatic carbocycles. The smallest absolute Gasteiger partial charge is 0.129 e. The van der Waals surface area contributed by atoms with Crippen molar-refractivity contribution in [2.45, 2.75) is 0 Å². The molecular formula is C18H12ClN3. The van der Waals surface area contributed by atoms with Gasteiger partial charge in [-0.25, -0.2) is 9.67 Å². The van der Waals surface area contributed by atoms with Crippen molar-refractivity contribution in [1.82, 2.24) is 14.8 Å². The molecule has 2 heterocycles. The molecule has 3 nitrogen and oxygen atoms in total. The van der Waals surface area contributed by atoms with E-state index in [2.05, 4.69) is 11.1 Å². The highest BCUT2D eigenvalue weighted by molar-refractivity contribution is 6.29. The molecule has 0 fully saturated rings. The molecule has 0 bridgehead atoms. The van der Waals surface area contributed by atoms with Crippen LogP contribution in [0.4, 0.5) is 0 Å². The molecule has 0 aliphatic rings. The quantitative estimate of drug-likeness (QED) is 0.501. The molecular weight excluding hydrogens is 294 g/mol. The standard InChI is InChI=1S/C18H12ClN3/c19-17-12-13(10-11-20-17)18-15-8-4-5-9-16(15)21-22(18)14-6-2-1-3-7-14/h1-12H. The average Bonchev–Trinajstić information content (AvgIpc) is 2.95. The Morgan fingerprint density at radius 2 is 1.64 bits per heavy atom. The summed E-state index contributed by atoms with van der Waals surface area (Å²) in [5.41, 5.74) is 3.99. The van der Waals surface area contributed by atoms with Crippen LogP contribution in [0.3, 0.4) is 0 Å². The highest BCUT2D eigenvalue weighted by atomic mass is 35.5. The zero-order valence-corrected chi connectivity index (χ0v) is 12.4. The van der Waals surface area contributed by atoms with Crippen LogP contribution in [-0.4, -0.2) is 14.8 Å². The molecule has 22 heavy (non-hydrogen) atoms. The Bertz CT molecular complexity index is 945. The Labute approximate surface area is 132 Å². The molecule has 0 N–H and O–H groups in total. The van der Waals surface area contributed by atoms with E-state index >= 15 is 0 Å². The number of nitrogens with zero attached hydrogens (tertiary/aromatic N) is 3. The summed E-state index contributed by atoms with van der Waals surface area (Å²) in [7, 11) is 0. The Balaban J connectivity index is 2.07. The number of hydrogen-bond acceptors (Lipinski definition) is 2. The molecule has 0 unspecified atom stereocenters. The monoisotopic (exact) mass is 305 g/mol. The fourth-order valence-electron chi connectivity index (χ4n) is 2.62. The SMILES string of the molecule is Clc1cc(-c2c3ccccc3nn2-c2ccccc2)ccn1. The minimum Gasteiger partial charge on any atom is -0.245 e. The van der Waals surface area contributed by atoms with Crippen molar-refractivity contribution >= 4 is 22.5 Å². The maximum Gasteiger partial charge on any atom is 0.129 e. The first-order valence-electron chi connectivity index (χ1n) is 6.98. The molecule has 0 amide bonds. The Morgan fingerprint density at radius 3 is 2.45 bits per heavy atom. The van der Waals surface area contributed by atoms with Gasteiger partial charge in [0.1, 0.15) is 5.15 Å². The van der Waals surface area contributed by atoms with E-state index in [0.717, 1.165) is 27.8 Å². The van der Waals surface area contributed by atoms with Gasteiger partial charge in [0.05, 0.1) is 16.9 Å². The van der Waals surface area contributed by atoms with Crippen molar-refractivity contribution in [1.29, 1.82) is 0 Å². The first-order valence-corrected chi connectivity index (χ1v) is 7.36. The maximum atomic E-state index is 6.07. The summed E-state index contributed by atoms with van der Waals surface area (Å²) in [6.07, 6.45) is 1.72. The summed E-state index contributed by atoms with van der Waals surface area (Å²) in [6, 6.07) is 22.0.